The van der Waals surface area contributed by atoms with Crippen LogP contribution < -0.4 is 4.74 Å². The molecule has 0 atom stereocenters. The highest BCUT2D eigenvalue weighted by atomic mass is 32.2. The van der Waals surface area contributed by atoms with Crippen molar-refractivity contribution in [2.45, 2.75) is 11.8 Å². The molecule has 1 saturated heterocycles. The molecule has 0 unspecified atom stereocenters. The summed E-state index contributed by atoms with van der Waals surface area (Å²) in [5.41, 5.74) is 0. The number of hydrogen-bond acceptors (Lipinski definition) is 4. The van der Waals surface area contributed by atoms with Gasteiger partial charge in [-0.05, 0) is 31.2 Å². The Morgan fingerprint density at radius 2 is 2.00 bits per heavy atom. The molecule has 1 aromatic carbocycles. The van der Waals surface area contributed by atoms with E-state index in [4.69, 9.17) is 9.47 Å². The van der Waals surface area contributed by atoms with E-state index in [9.17, 15) is 4.79 Å². The Hall–Kier alpha value is -1.20. The Morgan fingerprint density at radius 1 is 1.32 bits per heavy atom. The maximum Gasteiger partial charge on any atom is 0.233 e. The number of amides is 1. The molecule has 104 valence electrons. The summed E-state index contributed by atoms with van der Waals surface area (Å²) in [5.74, 6) is 1.53. The van der Waals surface area contributed by atoms with Crippen LogP contribution in [0.25, 0.3) is 0 Å². The maximum atomic E-state index is 12.0. The molecule has 0 saturated carbocycles. The summed E-state index contributed by atoms with van der Waals surface area (Å²) >= 11 is 1.56. The Balaban J connectivity index is 1.79. The average molecular weight is 281 g/mol. The number of rotatable bonds is 5. The summed E-state index contributed by atoms with van der Waals surface area (Å²) < 4.78 is 10.6. The number of carbonyl (C=O) groups is 1. The van der Waals surface area contributed by atoms with Crippen molar-refractivity contribution >= 4 is 17.7 Å². The van der Waals surface area contributed by atoms with Crippen molar-refractivity contribution in [1.82, 2.24) is 4.90 Å². The Kier molecular flexibility index (Phi) is 5.54. The van der Waals surface area contributed by atoms with Gasteiger partial charge in [-0.15, -0.1) is 11.8 Å². The second-order valence-corrected chi connectivity index (χ2v) is 5.24. The topological polar surface area (TPSA) is 38.8 Å². The fourth-order valence-electron chi connectivity index (χ4n) is 1.85. The summed E-state index contributed by atoms with van der Waals surface area (Å²) in [6.45, 7) is 5.36. The summed E-state index contributed by atoms with van der Waals surface area (Å²) in [6, 6.07) is 7.85. The van der Waals surface area contributed by atoms with Gasteiger partial charge in [0.05, 0.1) is 25.6 Å². The van der Waals surface area contributed by atoms with E-state index in [0.717, 1.165) is 10.6 Å². The Labute approximate surface area is 118 Å². The Morgan fingerprint density at radius 3 is 2.63 bits per heavy atom. The van der Waals surface area contributed by atoms with Crippen molar-refractivity contribution in [3.63, 3.8) is 0 Å². The molecular formula is C14H19NO3S. The zero-order valence-electron chi connectivity index (χ0n) is 11.1. The number of hydrogen-bond donors (Lipinski definition) is 0. The van der Waals surface area contributed by atoms with Crippen molar-refractivity contribution in [3.8, 4) is 5.75 Å². The van der Waals surface area contributed by atoms with E-state index in [0.29, 0.717) is 38.7 Å². The van der Waals surface area contributed by atoms with Crippen molar-refractivity contribution in [2.75, 3.05) is 38.7 Å². The molecule has 1 fully saturated rings. The lowest BCUT2D eigenvalue weighted by atomic mass is 10.3. The molecule has 1 aromatic rings. The molecule has 1 aliphatic heterocycles. The maximum absolute atomic E-state index is 12.0. The van der Waals surface area contributed by atoms with Crippen LogP contribution in [-0.4, -0.2) is 49.5 Å². The first-order valence-electron chi connectivity index (χ1n) is 6.51. The van der Waals surface area contributed by atoms with Crippen LogP contribution in [-0.2, 0) is 9.53 Å². The highest BCUT2D eigenvalue weighted by Crippen LogP contribution is 2.21. The number of thioether (sulfide) groups is 1. The summed E-state index contributed by atoms with van der Waals surface area (Å²) in [4.78, 5) is 14.9. The predicted molar refractivity (Wildman–Crippen MR) is 75.7 cm³/mol. The van der Waals surface area contributed by atoms with Gasteiger partial charge in [-0.1, -0.05) is 0 Å². The van der Waals surface area contributed by atoms with Gasteiger partial charge in [0.1, 0.15) is 5.75 Å². The predicted octanol–water partition coefficient (Wildman–Crippen LogP) is 2.04. The molecule has 0 aliphatic carbocycles. The molecule has 4 nitrogen and oxygen atoms in total. The monoisotopic (exact) mass is 281 g/mol. The van der Waals surface area contributed by atoms with E-state index in [-0.39, 0.29) is 5.91 Å². The minimum atomic E-state index is 0.183. The van der Waals surface area contributed by atoms with E-state index < -0.39 is 0 Å². The smallest absolute Gasteiger partial charge is 0.233 e. The lowest BCUT2D eigenvalue weighted by molar-refractivity contribution is -0.132. The van der Waals surface area contributed by atoms with Crippen molar-refractivity contribution < 1.29 is 14.3 Å². The molecule has 0 aromatic heterocycles. The molecular weight excluding hydrogens is 262 g/mol. The van der Waals surface area contributed by atoms with Crippen molar-refractivity contribution in [2.24, 2.45) is 0 Å². The fraction of sp³-hybridized carbons (Fsp3) is 0.500. The number of benzene rings is 1. The van der Waals surface area contributed by atoms with Gasteiger partial charge in [0.15, 0.2) is 0 Å². The van der Waals surface area contributed by atoms with Crippen LogP contribution in [0, 0.1) is 0 Å². The standard InChI is InChI=1S/C14H19NO3S/c1-2-18-12-3-5-13(6-4-12)19-11-14(16)15-7-9-17-10-8-15/h3-6H,2,7-11H2,1H3. The minimum absolute atomic E-state index is 0.183. The van der Waals surface area contributed by atoms with Crippen molar-refractivity contribution in [1.29, 1.82) is 0 Å². The highest BCUT2D eigenvalue weighted by Gasteiger charge is 2.16. The molecule has 0 bridgehead atoms. The first-order chi connectivity index (χ1) is 9.29. The van der Waals surface area contributed by atoms with Gasteiger partial charge in [-0.25, -0.2) is 0 Å². The summed E-state index contributed by atoms with van der Waals surface area (Å²) in [7, 11) is 0. The van der Waals surface area contributed by atoms with Crippen LogP contribution in [0.3, 0.4) is 0 Å². The molecule has 0 spiro atoms. The van der Waals surface area contributed by atoms with Crippen LogP contribution >= 0.6 is 11.8 Å². The van der Waals surface area contributed by atoms with E-state index in [1.165, 1.54) is 0 Å². The third kappa shape index (κ3) is 4.44. The van der Waals surface area contributed by atoms with Crippen LogP contribution in [0.4, 0.5) is 0 Å². The number of morpholine rings is 1. The van der Waals surface area contributed by atoms with Crippen molar-refractivity contribution in [3.05, 3.63) is 24.3 Å². The van der Waals surface area contributed by atoms with Crippen LogP contribution in [0.2, 0.25) is 0 Å². The van der Waals surface area contributed by atoms with Gasteiger partial charge >= 0.3 is 0 Å². The summed E-state index contributed by atoms with van der Waals surface area (Å²) in [6.07, 6.45) is 0. The largest absolute Gasteiger partial charge is 0.494 e. The first kappa shape index (κ1) is 14.2. The summed E-state index contributed by atoms with van der Waals surface area (Å²) in [5, 5.41) is 0. The zero-order chi connectivity index (χ0) is 13.5. The molecule has 1 aliphatic rings. The number of nitrogens with zero attached hydrogens (tertiary/aromatic N) is 1. The second-order valence-electron chi connectivity index (χ2n) is 4.19. The third-order valence-electron chi connectivity index (χ3n) is 2.86. The van der Waals surface area contributed by atoms with E-state index >= 15 is 0 Å². The molecule has 0 N–H and O–H groups in total. The molecule has 1 amide bonds. The molecule has 0 radical (unpaired) electrons. The highest BCUT2D eigenvalue weighted by molar-refractivity contribution is 8.00. The van der Waals surface area contributed by atoms with E-state index in [1.54, 1.807) is 11.8 Å². The van der Waals surface area contributed by atoms with Gasteiger partial charge in [-0.3, -0.25) is 4.79 Å². The zero-order valence-corrected chi connectivity index (χ0v) is 11.9. The Bertz CT molecular complexity index is 402. The molecule has 2 rings (SSSR count). The van der Waals surface area contributed by atoms with Gasteiger partial charge in [0, 0.05) is 18.0 Å². The van der Waals surface area contributed by atoms with Gasteiger partial charge in [0.2, 0.25) is 5.91 Å². The normalized spacial score (nSPS) is 15.3. The molecule has 1 heterocycles. The van der Waals surface area contributed by atoms with E-state index in [1.807, 2.05) is 36.1 Å². The van der Waals surface area contributed by atoms with Crippen LogP contribution in [0.15, 0.2) is 29.2 Å². The minimum Gasteiger partial charge on any atom is -0.494 e. The van der Waals surface area contributed by atoms with Gasteiger partial charge in [0.25, 0.3) is 0 Å². The fourth-order valence-corrected chi connectivity index (χ4v) is 2.65. The van der Waals surface area contributed by atoms with Crippen LogP contribution in [0.5, 0.6) is 5.75 Å². The van der Waals surface area contributed by atoms with Gasteiger partial charge < -0.3 is 14.4 Å². The SMILES string of the molecule is CCOc1ccc(SCC(=O)N2CCOCC2)cc1. The second kappa shape index (κ2) is 7.40. The lowest BCUT2D eigenvalue weighted by Gasteiger charge is -2.26. The average Bonchev–Trinajstić information content (AvgIpc) is 2.47. The number of carbonyl (C=O) groups excluding carboxylic acids is 1. The third-order valence-corrected chi connectivity index (χ3v) is 3.86. The van der Waals surface area contributed by atoms with Gasteiger partial charge in [-0.2, -0.15) is 0 Å². The number of ether oxygens (including phenoxy) is 2. The van der Waals surface area contributed by atoms with E-state index in [2.05, 4.69) is 0 Å². The lowest BCUT2D eigenvalue weighted by Crippen LogP contribution is -2.41. The molecule has 19 heavy (non-hydrogen) atoms. The molecule has 5 heteroatoms. The quantitative estimate of drug-likeness (QED) is 0.774. The first-order valence-corrected chi connectivity index (χ1v) is 7.49. The van der Waals surface area contributed by atoms with Crippen LogP contribution in [0.1, 0.15) is 6.92 Å².